The maximum absolute atomic E-state index is 12.7. The second kappa shape index (κ2) is 7.13. The van der Waals surface area contributed by atoms with Crippen molar-refractivity contribution in [3.63, 3.8) is 0 Å². The number of aryl methyl sites for hydroxylation is 1. The molecule has 0 atom stereocenters. The molecule has 1 aliphatic rings. The highest BCUT2D eigenvalue weighted by molar-refractivity contribution is 7.93. The zero-order valence-corrected chi connectivity index (χ0v) is 18.6. The molecule has 10 heteroatoms. The minimum Gasteiger partial charge on any atom is -0.383 e. The predicted molar refractivity (Wildman–Crippen MR) is 120 cm³/mol. The Bertz CT molecular complexity index is 1410. The number of anilines is 1. The predicted octanol–water partition coefficient (Wildman–Crippen LogP) is 3.12. The summed E-state index contributed by atoms with van der Waals surface area (Å²) in [6, 6.07) is 5.91. The number of sulfone groups is 1. The maximum Gasteiger partial charge on any atom is 0.283 e. The number of hydrogen-bond acceptors (Lipinski definition) is 8. The van der Waals surface area contributed by atoms with E-state index in [0.29, 0.717) is 0 Å². The molecule has 3 aromatic rings. The van der Waals surface area contributed by atoms with Gasteiger partial charge < -0.3 is 5.73 Å². The zero-order chi connectivity index (χ0) is 21.8. The minimum atomic E-state index is -3.59. The fourth-order valence-electron chi connectivity index (χ4n) is 3.36. The lowest BCUT2D eigenvalue weighted by molar-refractivity contribution is 0.579. The third-order valence-corrected chi connectivity index (χ3v) is 8.13. The van der Waals surface area contributed by atoms with Crippen LogP contribution in [0.25, 0.3) is 16.6 Å². The quantitative estimate of drug-likeness (QED) is 0.661. The van der Waals surface area contributed by atoms with Crippen LogP contribution in [-0.4, -0.2) is 34.5 Å². The molecule has 30 heavy (non-hydrogen) atoms. The summed E-state index contributed by atoms with van der Waals surface area (Å²) in [4.78, 5) is 21.4. The van der Waals surface area contributed by atoms with Crippen molar-refractivity contribution in [2.45, 2.75) is 32.0 Å². The first-order chi connectivity index (χ1) is 14.1. The summed E-state index contributed by atoms with van der Waals surface area (Å²) < 4.78 is 26.2. The van der Waals surface area contributed by atoms with Gasteiger partial charge in [0.1, 0.15) is 5.82 Å². The maximum atomic E-state index is 12.7. The minimum absolute atomic E-state index is 0.0414. The number of rotatable bonds is 4. The Hall–Kier alpha value is -2.85. The summed E-state index contributed by atoms with van der Waals surface area (Å²) in [5.74, 6) is -0.0466. The van der Waals surface area contributed by atoms with E-state index in [2.05, 4.69) is 15.1 Å². The topological polar surface area (TPSA) is 120 Å². The van der Waals surface area contributed by atoms with E-state index in [4.69, 9.17) is 5.73 Å². The van der Waals surface area contributed by atoms with Crippen LogP contribution < -0.4 is 11.3 Å². The number of aromatic nitrogens is 3. The molecule has 0 spiro atoms. The van der Waals surface area contributed by atoms with E-state index in [1.54, 1.807) is 6.08 Å². The standard InChI is InChI=1S/C20H21N5O3S2/c1-10(2)9-30(27,28)20-24-25-17(21)15(18(26)23-19(25)29-20)8-13-12(4)22-16-6-5-11(3)7-14(13)16/h5-8,10H,9,21H2,1-4H3/b13-8+. The van der Waals surface area contributed by atoms with Gasteiger partial charge in [-0.15, -0.1) is 5.10 Å². The van der Waals surface area contributed by atoms with Crippen LogP contribution in [0.3, 0.4) is 0 Å². The van der Waals surface area contributed by atoms with Crippen LogP contribution in [0.5, 0.6) is 0 Å². The summed E-state index contributed by atoms with van der Waals surface area (Å²) in [6.45, 7) is 7.47. The van der Waals surface area contributed by atoms with E-state index in [1.165, 1.54) is 4.52 Å². The Morgan fingerprint density at radius 1 is 1.27 bits per heavy atom. The molecule has 1 aromatic carbocycles. The number of nitrogen functional groups attached to an aromatic ring is 1. The van der Waals surface area contributed by atoms with Crippen LogP contribution in [-0.2, 0) is 9.84 Å². The first-order valence-electron chi connectivity index (χ1n) is 9.37. The molecule has 156 valence electrons. The molecule has 0 fully saturated rings. The van der Waals surface area contributed by atoms with Gasteiger partial charge in [0.05, 0.1) is 17.0 Å². The average Bonchev–Trinajstić information content (AvgIpc) is 3.19. The van der Waals surface area contributed by atoms with Gasteiger partial charge in [0.15, 0.2) is 0 Å². The number of aliphatic imine (C=N–C) groups is 1. The van der Waals surface area contributed by atoms with E-state index in [-0.39, 0.29) is 32.4 Å². The monoisotopic (exact) mass is 443 g/mol. The summed E-state index contributed by atoms with van der Waals surface area (Å²) in [6.07, 6.45) is 1.66. The summed E-state index contributed by atoms with van der Waals surface area (Å²) in [7, 11) is -3.59. The summed E-state index contributed by atoms with van der Waals surface area (Å²) >= 11 is 0.845. The second-order valence-electron chi connectivity index (χ2n) is 7.73. The van der Waals surface area contributed by atoms with E-state index in [1.807, 2.05) is 45.9 Å². The fourth-order valence-corrected chi connectivity index (χ4v) is 6.16. The van der Waals surface area contributed by atoms with Crippen molar-refractivity contribution in [2.24, 2.45) is 10.9 Å². The molecule has 8 nitrogen and oxygen atoms in total. The van der Waals surface area contributed by atoms with Crippen molar-refractivity contribution < 1.29 is 8.42 Å². The first-order valence-corrected chi connectivity index (χ1v) is 11.8. The zero-order valence-electron chi connectivity index (χ0n) is 17.0. The van der Waals surface area contributed by atoms with E-state index >= 15 is 0 Å². The highest BCUT2D eigenvalue weighted by atomic mass is 32.2. The SMILES string of the molecule is CC1=Nc2ccc(C)cc2/C1=C/c1c(N)n2nc(S(=O)(=O)CC(C)C)sc2nc1=O. The molecular weight excluding hydrogens is 422 g/mol. The molecule has 0 unspecified atom stereocenters. The van der Waals surface area contributed by atoms with Gasteiger partial charge in [-0.1, -0.05) is 36.8 Å². The van der Waals surface area contributed by atoms with Crippen molar-refractivity contribution in [2.75, 3.05) is 11.5 Å². The van der Waals surface area contributed by atoms with Crippen LogP contribution >= 0.6 is 11.3 Å². The molecule has 1 aliphatic heterocycles. The highest BCUT2D eigenvalue weighted by Gasteiger charge is 2.24. The number of hydrogen-bond donors (Lipinski definition) is 1. The number of fused-ring (bicyclic) bond motifs is 2. The molecule has 0 bridgehead atoms. The Kier molecular flexibility index (Phi) is 4.86. The first kappa shape index (κ1) is 20.4. The average molecular weight is 444 g/mol. The molecule has 0 amide bonds. The lowest BCUT2D eigenvalue weighted by Gasteiger charge is -2.05. The van der Waals surface area contributed by atoms with E-state index < -0.39 is 15.4 Å². The van der Waals surface area contributed by atoms with Crippen molar-refractivity contribution >= 4 is 55.0 Å². The van der Waals surface area contributed by atoms with Gasteiger partial charge in [0, 0.05) is 16.8 Å². The lowest BCUT2D eigenvalue weighted by atomic mass is 9.99. The Morgan fingerprint density at radius 3 is 2.70 bits per heavy atom. The molecule has 0 saturated carbocycles. The highest BCUT2D eigenvalue weighted by Crippen LogP contribution is 2.36. The van der Waals surface area contributed by atoms with E-state index in [9.17, 15) is 13.2 Å². The van der Waals surface area contributed by atoms with Crippen LogP contribution in [0.4, 0.5) is 11.5 Å². The lowest BCUT2D eigenvalue weighted by Crippen LogP contribution is -2.17. The van der Waals surface area contributed by atoms with Crippen molar-refractivity contribution in [1.29, 1.82) is 0 Å². The third-order valence-electron chi connectivity index (χ3n) is 4.70. The molecule has 0 radical (unpaired) electrons. The Morgan fingerprint density at radius 2 is 2.00 bits per heavy atom. The van der Waals surface area contributed by atoms with Crippen molar-refractivity contribution in [3.8, 4) is 0 Å². The Balaban J connectivity index is 1.88. The molecule has 2 N–H and O–H groups in total. The van der Waals surface area contributed by atoms with Crippen LogP contribution in [0, 0.1) is 12.8 Å². The number of nitrogens with two attached hydrogens (primary N) is 1. The smallest absolute Gasteiger partial charge is 0.283 e. The molecule has 2 aromatic heterocycles. The van der Waals surface area contributed by atoms with E-state index in [0.717, 1.165) is 39.4 Å². The third kappa shape index (κ3) is 3.46. The van der Waals surface area contributed by atoms with Gasteiger partial charge in [-0.2, -0.15) is 9.50 Å². The summed E-state index contributed by atoms with van der Waals surface area (Å²) in [5, 5.41) is 4.15. The molecule has 3 heterocycles. The van der Waals surface area contributed by atoms with Gasteiger partial charge in [0.25, 0.3) is 5.56 Å². The summed E-state index contributed by atoms with van der Waals surface area (Å²) in [5.41, 5.74) is 10.2. The van der Waals surface area contributed by atoms with Crippen LogP contribution in [0.1, 0.15) is 37.5 Å². The van der Waals surface area contributed by atoms with Gasteiger partial charge in [-0.25, -0.2) is 8.42 Å². The molecule has 4 rings (SSSR count). The van der Waals surface area contributed by atoms with Crippen molar-refractivity contribution in [3.05, 3.63) is 45.2 Å². The number of allylic oxidation sites excluding steroid dienone is 1. The molecular formula is C20H21N5O3S2. The normalized spacial score (nSPS) is 15.2. The van der Waals surface area contributed by atoms with Gasteiger partial charge in [-0.3, -0.25) is 9.79 Å². The second-order valence-corrected chi connectivity index (χ2v) is 10.9. The van der Waals surface area contributed by atoms with Crippen LogP contribution in [0.15, 0.2) is 32.3 Å². The van der Waals surface area contributed by atoms with Gasteiger partial charge in [-0.05, 0) is 38.0 Å². The Labute approximate surface area is 177 Å². The largest absolute Gasteiger partial charge is 0.383 e. The van der Waals surface area contributed by atoms with Gasteiger partial charge >= 0.3 is 0 Å². The molecule has 0 saturated heterocycles. The van der Waals surface area contributed by atoms with Crippen LogP contribution in [0.2, 0.25) is 0 Å². The number of benzene rings is 1. The van der Waals surface area contributed by atoms with Gasteiger partial charge in [0.2, 0.25) is 19.1 Å². The number of nitrogens with zero attached hydrogens (tertiary/aromatic N) is 4. The fraction of sp³-hybridized carbons (Fsp3) is 0.300. The molecule has 0 aliphatic carbocycles. The van der Waals surface area contributed by atoms with Crippen molar-refractivity contribution in [1.82, 2.24) is 14.6 Å².